The molecular formula is C4H10KO5P. The molecule has 0 amide bonds. The Bertz CT molecular complexity index is 132. The van der Waals surface area contributed by atoms with Crippen LogP contribution in [0.25, 0.3) is 0 Å². The van der Waals surface area contributed by atoms with Crippen molar-refractivity contribution in [2.75, 3.05) is 0 Å². The topological polar surface area (TPSA) is 87.0 Å². The molecule has 0 unspecified atom stereocenters. The second-order valence-corrected chi connectivity index (χ2v) is 2.01. The molecule has 7 heteroatoms. The Balaban J connectivity index is -0.0000000457. The summed E-state index contributed by atoms with van der Waals surface area (Å²) in [6.07, 6.45) is 2.62. The van der Waals surface area contributed by atoms with E-state index in [9.17, 15) is 0 Å². The van der Waals surface area contributed by atoms with E-state index in [1.54, 1.807) is 0 Å². The van der Waals surface area contributed by atoms with Crippen molar-refractivity contribution in [2.45, 2.75) is 0 Å². The van der Waals surface area contributed by atoms with Gasteiger partial charge in [-0.2, -0.15) is 0 Å². The Hall–Kier alpha value is 1.03. The van der Waals surface area contributed by atoms with Gasteiger partial charge in [-0.1, -0.05) is 13.2 Å². The van der Waals surface area contributed by atoms with Crippen LogP contribution in [0.3, 0.4) is 0 Å². The number of ether oxygens (including phenoxy) is 1. The summed E-state index contributed by atoms with van der Waals surface area (Å²) < 4.78 is 13.2. The Kier molecular flexibility index (Phi) is 18.0. The third-order valence-corrected chi connectivity index (χ3v) is 0.192. The molecular weight excluding hydrogens is 198 g/mol. The molecule has 0 aromatic rings. The van der Waals surface area contributed by atoms with Crippen molar-refractivity contribution in [2.24, 2.45) is 0 Å². The van der Waals surface area contributed by atoms with E-state index in [2.05, 4.69) is 17.9 Å². The molecule has 62 valence electrons. The zero-order valence-corrected chi connectivity index (χ0v) is 10.2. The van der Waals surface area contributed by atoms with Gasteiger partial charge in [-0.15, -0.1) is 0 Å². The van der Waals surface area contributed by atoms with E-state index >= 15 is 0 Å². The van der Waals surface area contributed by atoms with Gasteiger partial charge in [-0.25, -0.2) is 4.57 Å². The molecule has 0 aliphatic rings. The van der Waals surface area contributed by atoms with Crippen LogP contribution in [0, 0.1) is 0 Å². The van der Waals surface area contributed by atoms with Crippen LogP contribution in [0.2, 0.25) is 0 Å². The molecule has 0 bridgehead atoms. The molecule has 3 N–H and O–H groups in total. The van der Waals surface area contributed by atoms with Gasteiger partial charge in [0.1, 0.15) is 0 Å². The maximum Gasteiger partial charge on any atom is 1.00 e. The van der Waals surface area contributed by atoms with Gasteiger partial charge in [0.25, 0.3) is 0 Å². The van der Waals surface area contributed by atoms with E-state index in [1.165, 1.54) is 12.5 Å². The molecule has 0 aliphatic heterocycles. The van der Waals surface area contributed by atoms with Crippen molar-refractivity contribution in [3.8, 4) is 0 Å². The van der Waals surface area contributed by atoms with Crippen molar-refractivity contribution in [1.29, 1.82) is 0 Å². The van der Waals surface area contributed by atoms with Gasteiger partial charge in [0, 0.05) is 0 Å². The summed E-state index contributed by atoms with van der Waals surface area (Å²) in [5.41, 5.74) is 0. The minimum Gasteiger partial charge on any atom is -1.00 e. The summed E-state index contributed by atoms with van der Waals surface area (Å²) in [7, 11) is -4.64. The zero-order valence-electron chi connectivity index (χ0n) is 7.17. The first-order valence-electron chi connectivity index (χ1n) is 2.07. The average Bonchev–Trinajstić information content (AvgIpc) is 1.63. The third-order valence-electron chi connectivity index (χ3n) is 0.192. The fourth-order valence-corrected chi connectivity index (χ4v) is 0.0680. The van der Waals surface area contributed by atoms with Gasteiger partial charge in [0.05, 0.1) is 12.5 Å². The number of hydrogen-bond donors (Lipinski definition) is 3. The largest absolute Gasteiger partial charge is 1.00 e. The molecule has 11 heavy (non-hydrogen) atoms. The second-order valence-electron chi connectivity index (χ2n) is 0.983. The smallest absolute Gasteiger partial charge is 1.00 e. The molecule has 0 aromatic carbocycles. The van der Waals surface area contributed by atoms with Crippen LogP contribution in [0.5, 0.6) is 0 Å². The Morgan fingerprint density at radius 1 is 1.27 bits per heavy atom. The molecule has 0 rings (SSSR count). The van der Waals surface area contributed by atoms with E-state index in [-0.39, 0.29) is 52.8 Å². The van der Waals surface area contributed by atoms with E-state index in [4.69, 9.17) is 19.2 Å². The number of phosphoric acid groups is 1. The third kappa shape index (κ3) is 98.1. The summed E-state index contributed by atoms with van der Waals surface area (Å²) in [6, 6.07) is 0. The van der Waals surface area contributed by atoms with Crippen molar-refractivity contribution < 1.29 is 76.8 Å². The van der Waals surface area contributed by atoms with Crippen molar-refractivity contribution in [1.82, 2.24) is 0 Å². The molecule has 0 spiro atoms. The van der Waals surface area contributed by atoms with Gasteiger partial charge in [0.15, 0.2) is 0 Å². The maximum atomic E-state index is 8.88. The second kappa shape index (κ2) is 11.0. The summed E-state index contributed by atoms with van der Waals surface area (Å²) >= 11 is 0. The van der Waals surface area contributed by atoms with E-state index < -0.39 is 7.82 Å². The predicted octanol–water partition coefficient (Wildman–Crippen LogP) is -2.52. The van der Waals surface area contributed by atoms with Crippen LogP contribution >= 0.6 is 7.82 Å². The molecule has 0 aromatic heterocycles. The Morgan fingerprint density at radius 3 is 1.45 bits per heavy atom. The number of rotatable bonds is 2. The minimum atomic E-state index is -4.64. The monoisotopic (exact) mass is 208 g/mol. The molecule has 0 radical (unpaired) electrons. The Labute approximate surface area is 109 Å². The fraction of sp³-hybridized carbons (Fsp3) is 0. The minimum absolute atomic E-state index is 0. The summed E-state index contributed by atoms with van der Waals surface area (Å²) in [4.78, 5) is 21.6. The van der Waals surface area contributed by atoms with Gasteiger partial charge in [0.2, 0.25) is 0 Å². The first-order valence-corrected chi connectivity index (χ1v) is 3.64. The van der Waals surface area contributed by atoms with Crippen molar-refractivity contribution in [3.63, 3.8) is 0 Å². The molecule has 0 saturated heterocycles. The van der Waals surface area contributed by atoms with Crippen LogP contribution < -0.4 is 51.4 Å². The summed E-state index contributed by atoms with van der Waals surface area (Å²) in [5.74, 6) is 0. The van der Waals surface area contributed by atoms with Crippen LogP contribution in [0.15, 0.2) is 25.7 Å². The van der Waals surface area contributed by atoms with Crippen LogP contribution in [-0.4, -0.2) is 14.7 Å². The van der Waals surface area contributed by atoms with E-state index in [0.717, 1.165) is 0 Å². The summed E-state index contributed by atoms with van der Waals surface area (Å²) in [5, 5.41) is 0. The molecule has 0 saturated carbocycles. The maximum absolute atomic E-state index is 8.88. The SMILES string of the molecule is C=COC=C.O=P(O)(O)O.[H-].[K+]. The van der Waals surface area contributed by atoms with Gasteiger partial charge < -0.3 is 20.8 Å². The molecule has 0 atom stereocenters. The van der Waals surface area contributed by atoms with E-state index in [1.807, 2.05) is 0 Å². The van der Waals surface area contributed by atoms with Gasteiger partial charge in [-0.05, 0) is 0 Å². The predicted molar refractivity (Wildman–Crippen MR) is 36.9 cm³/mol. The average molecular weight is 208 g/mol. The standard InChI is InChI=1S/C4H6O.K.H3O4P.H/c1-3-5-4-2;;1-5(2,3)4;/h3-4H,1-2H2;;(H3,1,2,3,4);/q;+1;;-1. The van der Waals surface area contributed by atoms with Gasteiger partial charge >= 0.3 is 59.2 Å². The zero-order chi connectivity index (χ0) is 8.62. The normalized spacial score (nSPS) is 7.91. The van der Waals surface area contributed by atoms with Crippen molar-refractivity contribution >= 4 is 7.82 Å². The quantitative estimate of drug-likeness (QED) is 0.265. The van der Waals surface area contributed by atoms with Crippen LogP contribution in [0.1, 0.15) is 1.43 Å². The molecule has 0 aliphatic carbocycles. The first kappa shape index (κ1) is 17.9. The molecule has 0 fully saturated rings. The number of hydrogen-bond acceptors (Lipinski definition) is 2. The summed E-state index contributed by atoms with van der Waals surface area (Å²) in [6.45, 7) is 6.51. The molecule has 5 nitrogen and oxygen atoms in total. The molecule has 0 heterocycles. The van der Waals surface area contributed by atoms with E-state index in [0.29, 0.717) is 0 Å². The first-order chi connectivity index (χ1) is 4.41. The van der Waals surface area contributed by atoms with Crippen LogP contribution in [0.4, 0.5) is 0 Å². The van der Waals surface area contributed by atoms with Crippen LogP contribution in [-0.2, 0) is 9.30 Å². The van der Waals surface area contributed by atoms with Gasteiger partial charge in [-0.3, -0.25) is 0 Å². The Morgan fingerprint density at radius 2 is 1.45 bits per heavy atom. The van der Waals surface area contributed by atoms with Crippen molar-refractivity contribution in [3.05, 3.63) is 25.7 Å². The fourth-order valence-electron chi connectivity index (χ4n) is 0.0680.